The third-order valence-electron chi connectivity index (χ3n) is 2.60. The highest BCUT2D eigenvalue weighted by Gasteiger charge is 2.13. The van der Waals surface area contributed by atoms with Gasteiger partial charge in [-0.25, -0.2) is 4.79 Å². The molecule has 0 spiro atoms. The minimum atomic E-state index is -0.576. The van der Waals surface area contributed by atoms with Crippen molar-refractivity contribution in [3.63, 3.8) is 0 Å². The Kier molecular flexibility index (Phi) is 2.95. The summed E-state index contributed by atoms with van der Waals surface area (Å²) in [5.74, 6) is -0.576. The summed E-state index contributed by atoms with van der Waals surface area (Å²) in [5, 5.41) is 0. The van der Waals surface area contributed by atoms with Crippen LogP contribution in [0, 0.1) is 6.92 Å². The number of aromatic nitrogens is 1. The number of carbonyl (C=O) groups is 1. The van der Waals surface area contributed by atoms with Crippen molar-refractivity contribution in [2.45, 2.75) is 13.8 Å². The molecule has 4 nitrogen and oxygen atoms in total. The van der Waals surface area contributed by atoms with Gasteiger partial charge < -0.3 is 4.74 Å². The van der Waals surface area contributed by atoms with Crippen molar-refractivity contribution in [2.24, 2.45) is 0 Å². The molecular formula is C13H13NO3. The molecule has 0 radical (unpaired) electrons. The number of hydrogen-bond acceptors (Lipinski definition) is 3. The summed E-state index contributed by atoms with van der Waals surface area (Å²) in [5.41, 5.74) is 1.50. The Morgan fingerprint density at radius 3 is 2.82 bits per heavy atom. The summed E-state index contributed by atoms with van der Waals surface area (Å²) >= 11 is 0. The van der Waals surface area contributed by atoms with E-state index in [2.05, 4.69) is 0 Å². The zero-order chi connectivity index (χ0) is 12.4. The zero-order valence-electron chi connectivity index (χ0n) is 9.77. The summed E-state index contributed by atoms with van der Waals surface area (Å²) in [6, 6.07) is 6.96. The van der Waals surface area contributed by atoms with Crippen LogP contribution in [0.3, 0.4) is 0 Å². The molecule has 0 atom stereocenters. The monoisotopic (exact) mass is 231 g/mol. The smallest absolute Gasteiger partial charge is 0.343 e. The lowest BCUT2D eigenvalue weighted by molar-refractivity contribution is 0.0524. The quantitative estimate of drug-likeness (QED) is 0.740. The van der Waals surface area contributed by atoms with Gasteiger partial charge in [-0.1, -0.05) is 6.07 Å². The van der Waals surface area contributed by atoms with E-state index in [1.807, 2.05) is 13.0 Å². The highest BCUT2D eigenvalue weighted by atomic mass is 16.5. The Morgan fingerprint density at radius 1 is 1.35 bits per heavy atom. The maximum atomic E-state index is 12.1. The second-order valence-corrected chi connectivity index (χ2v) is 3.72. The summed E-state index contributed by atoms with van der Waals surface area (Å²) in [7, 11) is 0. The molecule has 4 heteroatoms. The van der Waals surface area contributed by atoms with Crippen molar-refractivity contribution in [2.75, 3.05) is 6.61 Å². The number of rotatable bonds is 2. The average Bonchev–Trinajstić information content (AvgIpc) is 2.31. The van der Waals surface area contributed by atoms with Crippen molar-refractivity contribution >= 4 is 11.5 Å². The van der Waals surface area contributed by atoms with Gasteiger partial charge in [0.2, 0.25) is 0 Å². The van der Waals surface area contributed by atoms with Crippen LogP contribution >= 0.6 is 0 Å². The van der Waals surface area contributed by atoms with Crippen molar-refractivity contribution in [1.82, 2.24) is 4.40 Å². The summed E-state index contributed by atoms with van der Waals surface area (Å²) < 4.78 is 6.30. The normalized spacial score (nSPS) is 10.5. The molecule has 88 valence electrons. The van der Waals surface area contributed by atoms with E-state index in [9.17, 15) is 9.59 Å². The topological polar surface area (TPSA) is 47.8 Å². The van der Waals surface area contributed by atoms with Crippen molar-refractivity contribution in [3.05, 3.63) is 51.9 Å². The van der Waals surface area contributed by atoms with Crippen molar-refractivity contribution in [1.29, 1.82) is 0 Å². The highest BCUT2D eigenvalue weighted by molar-refractivity contribution is 5.89. The van der Waals surface area contributed by atoms with Crippen LogP contribution in [0.5, 0.6) is 0 Å². The second-order valence-electron chi connectivity index (χ2n) is 3.72. The molecule has 0 aliphatic carbocycles. The van der Waals surface area contributed by atoms with Crippen LogP contribution in [-0.4, -0.2) is 17.0 Å². The van der Waals surface area contributed by atoms with E-state index in [-0.39, 0.29) is 17.7 Å². The van der Waals surface area contributed by atoms with Crippen LogP contribution in [0.4, 0.5) is 0 Å². The van der Waals surface area contributed by atoms with Gasteiger partial charge in [-0.2, -0.15) is 0 Å². The predicted molar refractivity (Wildman–Crippen MR) is 64.4 cm³/mol. The highest BCUT2D eigenvalue weighted by Crippen LogP contribution is 2.08. The van der Waals surface area contributed by atoms with Crippen LogP contribution < -0.4 is 5.56 Å². The van der Waals surface area contributed by atoms with E-state index >= 15 is 0 Å². The van der Waals surface area contributed by atoms with Crippen LogP contribution in [0.15, 0.2) is 35.3 Å². The number of ether oxygens (including phenoxy) is 1. The Labute approximate surface area is 98.5 Å². The minimum absolute atomic E-state index is 0.0648. The van der Waals surface area contributed by atoms with Crippen LogP contribution in [-0.2, 0) is 4.74 Å². The van der Waals surface area contributed by atoms with E-state index in [4.69, 9.17) is 4.74 Å². The molecule has 0 aromatic carbocycles. The van der Waals surface area contributed by atoms with Gasteiger partial charge in [-0.3, -0.25) is 9.20 Å². The average molecular weight is 231 g/mol. The summed E-state index contributed by atoms with van der Waals surface area (Å²) in [6.07, 6.45) is 1.65. The summed E-state index contributed by atoms with van der Waals surface area (Å²) in [4.78, 5) is 23.6. The van der Waals surface area contributed by atoms with E-state index in [0.29, 0.717) is 0 Å². The lowest BCUT2D eigenvalue weighted by Crippen LogP contribution is -2.23. The number of esters is 1. The fourth-order valence-electron chi connectivity index (χ4n) is 1.75. The molecule has 0 amide bonds. The molecule has 2 heterocycles. The lowest BCUT2D eigenvalue weighted by Gasteiger charge is -2.06. The standard InChI is InChI=1S/C13H13NO3/c1-3-17-13(16)10-6-7-11-9(2)5-4-8-14(11)12(10)15/h4-8H,3H2,1-2H3. The van der Waals surface area contributed by atoms with Gasteiger partial charge in [0.05, 0.1) is 12.1 Å². The number of pyridine rings is 2. The first-order chi connectivity index (χ1) is 8.15. The largest absolute Gasteiger partial charge is 0.462 e. The molecule has 0 fully saturated rings. The van der Waals surface area contributed by atoms with E-state index in [0.717, 1.165) is 11.1 Å². The van der Waals surface area contributed by atoms with Gasteiger partial charge in [-0.05, 0) is 37.6 Å². The van der Waals surface area contributed by atoms with E-state index < -0.39 is 5.97 Å². The van der Waals surface area contributed by atoms with E-state index in [1.54, 1.807) is 25.3 Å². The van der Waals surface area contributed by atoms with Crippen LogP contribution in [0.1, 0.15) is 22.8 Å². The molecule has 0 saturated carbocycles. The Bertz CT molecular complexity index is 628. The minimum Gasteiger partial charge on any atom is -0.462 e. The van der Waals surface area contributed by atoms with Crippen molar-refractivity contribution < 1.29 is 9.53 Å². The molecule has 17 heavy (non-hydrogen) atoms. The van der Waals surface area contributed by atoms with E-state index in [1.165, 1.54) is 10.5 Å². The van der Waals surface area contributed by atoms with Gasteiger partial charge in [0.15, 0.2) is 0 Å². The van der Waals surface area contributed by atoms with Crippen LogP contribution in [0.2, 0.25) is 0 Å². The SMILES string of the molecule is CCOC(=O)c1ccc2c(C)cccn2c1=O. The van der Waals surface area contributed by atoms with Crippen molar-refractivity contribution in [3.8, 4) is 0 Å². The zero-order valence-corrected chi connectivity index (χ0v) is 9.77. The summed E-state index contributed by atoms with van der Waals surface area (Å²) in [6.45, 7) is 3.88. The molecule has 0 aliphatic rings. The molecular weight excluding hydrogens is 218 g/mol. The molecule has 2 aromatic heterocycles. The third-order valence-corrected chi connectivity index (χ3v) is 2.60. The maximum Gasteiger partial charge on any atom is 0.343 e. The fourth-order valence-corrected chi connectivity index (χ4v) is 1.75. The number of aryl methyl sites for hydroxylation is 1. The number of nitrogens with zero attached hydrogens (tertiary/aromatic N) is 1. The first kappa shape index (κ1) is 11.4. The number of fused-ring (bicyclic) bond motifs is 1. The fraction of sp³-hybridized carbons (Fsp3) is 0.231. The van der Waals surface area contributed by atoms with Gasteiger partial charge in [-0.15, -0.1) is 0 Å². The van der Waals surface area contributed by atoms with Crippen LogP contribution in [0.25, 0.3) is 5.52 Å². The lowest BCUT2D eigenvalue weighted by atomic mass is 10.2. The maximum absolute atomic E-state index is 12.1. The molecule has 0 N–H and O–H groups in total. The Morgan fingerprint density at radius 2 is 2.12 bits per heavy atom. The first-order valence-electron chi connectivity index (χ1n) is 5.43. The Hall–Kier alpha value is -2.10. The molecule has 0 bridgehead atoms. The molecule has 0 unspecified atom stereocenters. The third kappa shape index (κ3) is 1.93. The predicted octanol–water partition coefficient (Wildman–Crippen LogP) is 1.78. The number of carbonyl (C=O) groups excluding carboxylic acids is 1. The molecule has 0 saturated heterocycles. The van der Waals surface area contributed by atoms with Gasteiger partial charge >= 0.3 is 5.97 Å². The molecule has 2 aromatic rings. The second kappa shape index (κ2) is 4.41. The Balaban J connectivity index is 2.67. The first-order valence-corrected chi connectivity index (χ1v) is 5.43. The van der Waals surface area contributed by atoms with Gasteiger partial charge in [0.1, 0.15) is 5.56 Å². The molecule has 2 rings (SSSR count). The van der Waals surface area contributed by atoms with Gasteiger partial charge in [0.25, 0.3) is 5.56 Å². The molecule has 0 aliphatic heterocycles. The number of hydrogen-bond donors (Lipinski definition) is 0. The van der Waals surface area contributed by atoms with Gasteiger partial charge in [0, 0.05) is 6.20 Å².